The van der Waals surface area contributed by atoms with Gasteiger partial charge in [0.1, 0.15) is 6.29 Å². The van der Waals surface area contributed by atoms with Crippen LogP contribution in [0.4, 0.5) is 14.7 Å². The van der Waals surface area contributed by atoms with E-state index in [0.29, 0.717) is 30.1 Å². The van der Waals surface area contributed by atoms with Crippen molar-refractivity contribution in [2.45, 2.75) is 31.7 Å². The van der Waals surface area contributed by atoms with Crippen molar-refractivity contribution in [3.63, 3.8) is 0 Å². The standard InChI is InChI=1S/C24H22F2N4O3S/c1-2-20(32)29-8-7-24(13-29)10-15(11-24)30-17-4-3-14(12-31)9-16(17)27-23(30)28-22(33)19-6-5-18(34-19)21(25)26/h2-6,9,12,15,21H,1,7-8,10-11,13H2,(H,27,28,33)/t15-,24-. The van der Waals surface area contributed by atoms with Crippen molar-refractivity contribution in [2.24, 2.45) is 5.41 Å². The molecule has 0 atom stereocenters. The van der Waals surface area contributed by atoms with E-state index in [0.717, 1.165) is 42.4 Å². The van der Waals surface area contributed by atoms with Gasteiger partial charge in [-0.25, -0.2) is 13.8 Å². The number of thiophene rings is 1. The Balaban J connectivity index is 1.43. The highest BCUT2D eigenvalue weighted by atomic mass is 32.1. The number of amides is 2. The highest BCUT2D eigenvalue weighted by Gasteiger charge is 2.50. The molecule has 3 heterocycles. The largest absolute Gasteiger partial charge is 0.339 e. The highest BCUT2D eigenvalue weighted by molar-refractivity contribution is 7.14. The van der Waals surface area contributed by atoms with E-state index in [1.807, 2.05) is 9.47 Å². The molecule has 1 spiro atoms. The summed E-state index contributed by atoms with van der Waals surface area (Å²) >= 11 is 0.745. The molecule has 2 fully saturated rings. The first-order valence-electron chi connectivity index (χ1n) is 10.9. The predicted molar refractivity (Wildman–Crippen MR) is 124 cm³/mol. The molecule has 0 unspecified atom stereocenters. The fourth-order valence-electron chi connectivity index (χ4n) is 5.11. The van der Waals surface area contributed by atoms with Gasteiger partial charge in [0.05, 0.1) is 20.8 Å². The molecule has 1 aromatic carbocycles. The smallest absolute Gasteiger partial charge is 0.272 e. The van der Waals surface area contributed by atoms with Crippen LogP contribution >= 0.6 is 11.3 Å². The van der Waals surface area contributed by atoms with Gasteiger partial charge >= 0.3 is 0 Å². The van der Waals surface area contributed by atoms with Gasteiger partial charge < -0.3 is 9.47 Å². The van der Waals surface area contributed by atoms with E-state index >= 15 is 0 Å². The molecule has 5 rings (SSSR count). The van der Waals surface area contributed by atoms with Crippen LogP contribution in [0.2, 0.25) is 0 Å². The molecule has 2 amide bonds. The van der Waals surface area contributed by atoms with Crippen molar-refractivity contribution >= 4 is 46.4 Å². The van der Waals surface area contributed by atoms with Crippen molar-refractivity contribution in [1.29, 1.82) is 0 Å². The maximum atomic E-state index is 13.0. The molecule has 1 aliphatic carbocycles. The number of alkyl halides is 2. The van der Waals surface area contributed by atoms with E-state index in [1.165, 1.54) is 18.2 Å². The molecular weight excluding hydrogens is 462 g/mol. The summed E-state index contributed by atoms with van der Waals surface area (Å²) in [5, 5.41) is 2.78. The number of nitrogens with zero attached hydrogens (tertiary/aromatic N) is 3. The number of anilines is 1. The lowest BCUT2D eigenvalue weighted by atomic mass is 9.64. The van der Waals surface area contributed by atoms with E-state index in [1.54, 1.807) is 18.2 Å². The number of aldehydes is 1. The van der Waals surface area contributed by atoms with Gasteiger partial charge in [-0.05, 0) is 61.1 Å². The summed E-state index contributed by atoms with van der Waals surface area (Å²) < 4.78 is 27.9. The van der Waals surface area contributed by atoms with Crippen molar-refractivity contribution in [2.75, 3.05) is 18.4 Å². The molecule has 7 nitrogen and oxygen atoms in total. The zero-order chi connectivity index (χ0) is 24.0. The first kappa shape index (κ1) is 22.4. The van der Waals surface area contributed by atoms with Crippen LogP contribution < -0.4 is 5.32 Å². The molecule has 0 bridgehead atoms. The summed E-state index contributed by atoms with van der Waals surface area (Å²) in [6.45, 7) is 4.93. The Hall–Kier alpha value is -3.40. The molecule has 176 valence electrons. The third kappa shape index (κ3) is 3.81. The van der Waals surface area contributed by atoms with E-state index < -0.39 is 12.3 Å². The number of hydrogen-bond donors (Lipinski definition) is 1. The van der Waals surface area contributed by atoms with Gasteiger partial charge in [0.15, 0.2) is 0 Å². The minimum atomic E-state index is -2.64. The second-order valence-corrected chi connectivity index (χ2v) is 10.0. The van der Waals surface area contributed by atoms with Crippen LogP contribution in [0.25, 0.3) is 11.0 Å². The maximum Gasteiger partial charge on any atom is 0.272 e. The molecule has 2 aromatic heterocycles. The number of hydrogen-bond acceptors (Lipinski definition) is 5. The minimum absolute atomic E-state index is 0.0177. The average Bonchev–Trinajstić information content (AvgIpc) is 3.53. The van der Waals surface area contributed by atoms with E-state index in [-0.39, 0.29) is 27.1 Å². The van der Waals surface area contributed by atoms with E-state index in [9.17, 15) is 23.2 Å². The minimum Gasteiger partial charge on any atom is -0.339 e. The normalized spacial score (nSPS) is 21.7. The Bertz CT molecular complexity index is 1310. The van der Waals surface area contributed by atoms with Gasteiger partial charge in [-0.1, -0.05) is 6.58 Å². The Morgan fingerprint density at radius 2 is 2.06 bits per heavy atom. The van der Waals surface area contributed by atoms with Gasteiger partial charge in [-0.2, -0.15) is 0 Å². The topological polar surface area (TPSA) is 84.3 Å². The van der Waals surface area contributed by atoms with Crippen LogP contribution in [-0.4, -0.2) is 45.6 Å². The zero-order valence-corrected chi connectivity index (χ0v) is 19.0. The second-order valence-electron chi connectivity index (χ2n) is 8.90. The van der Waals surface area contributed by atoms with Gasteiger partial charge in [-0.3, -0.25) is 19.7 Å². The Labute approximate surface area is 198 Å². The van der Waals surface area contributed by atoms with Crippen LogP contribution in [0.3, 0.4) is 0 Å². The second kappa shape index (κ2) is 8.43. The number of carbonyl (C=O) groups excluding carboxylic acids is 3. The van der Waals surface area contributed by atoms with Gasteiger partial charge in [0.25, 0.3) is 12.3 Å². The molecule has 10 heteroatoms. The first-order valence-corrected chi connectivity index (χ1v) is 11.7. The first-order chi connectivity index (χ1) is 16.3. The number of imidazole rings is 1. The van der Waals surface area contributed by atoms with Crippen LogP contribution in [-0.2, 0) is 4.79 Å². The molecule has 1 aliphatic heterocycles. The molecule has 34 heavy (non-hydrogen) atoms. The summed E-state index contributed by atoms with van der Waals surface area (Å²) in [5.41, 5.74) is 1.82. The lowest BCUT2D eigenvalue weighted by molar-refractivity contribution is -0.125. The summed E-state index contributed by atoms with van der Waals surface area (Å²) in [6.07, 6.45) is 1.96. The monoisotopic (exact) mass is 484 g/mol. The zero-order valence-electron chi connectivity index (χ0n) is 18.2. The van der Waals surface area contributed by atoms with Crippen molar-refractivity contribution < 1.29 is 23.2 Å². The van der Waals surface area contributed by atoms with E-state index in [4.69, 9.17) is 0 Å². The molecular formula is C24H22F2N4O3S. The molecule has 2 aliphatic rings. The van der Waals surface area contributed by atoms with Gasteiger partial charge in [0, 0.05) is 24.7 Å². The number of fused-ring (bicyclic) bond motifs is 1. The number of likely N-dealkylation sites (tertiary alicyclic amines) is 1. The Kier molecular flexibility index (Phi) is 5.55. The maximum absolute atomic E-state index is 13.0. The Morgan fingerprint density at radius 1 is 1.26 bits per heavy atom. The van der Waals surface area contributed by atoms with Crippen molar-refractivity contribution in [3.8, 4) is 0 Å². The SMILES string of the molecule is C=CC(=O)N1CC[C@]2(C1)C[C@H](n1c(NC(=O)c3ccc(C(F)F)s3)nc3cc(C=O)ccc31)C2. The van der Waals surface area contributed by atoms with Crippen molar-refractivity contribution in [1.82, 2.24) is 14.5 Å². The summed E-state index contributed by atoms with van der Waals surface area (Å²) in [6, 6.07) is 7.82. The number of nitrogens with one attached hydrogen (secondary N) is 1. The number of benzene rings is 1. The molecule has 0 radical (unpaired) electrons. The third-order valence-electron chi connectivity index (χ3n) is 6.77. The lowest BCUT2D eigenvalue weighted by Gasteiger charge is -2.46. The molecule has 1 saturated carbocycles. The lowest BCUT2D eigenvalue weighted by Crippen LogP contribution is -2.42. The highest BCUT2D eigenvalue weighted by Crippen LogP contribution is 2.55. The fourth-order valence-corrected chi connectivity index (χ4v) is 5.87. The predicted octanol–water partition coefficient (Wildman–Crippen LogP) is 4.84. The number of rotatable bonds is 6. The number of carbonyl (C=O) groups is 3. The fraction of sp³-hybridized carbons (Fsp3) is 0.333. The molecule has 1 saturated heterocycles. The molecule has 1 N–H and O–H groups in total. The van der Waals surface area contributed by atoms with Crippen LogP contribution in [0.1, 0.15) is 56.6 Å². The van der Waals surface area contributed by atoms with Crippen LogP contribution in [0.5, 0.6) is 0 Å². The van der Waals surface area contributed by atoms with Crippen LogP contribution in [0, 0.1) is 5.41 Å². The van der Waals surface area contributed by atoms with E-state index in [2.05, 4.69) is 16.9 Å². The number of halogens is 2. The van der Waals surface area contributed by atoms with Crippen molar-refractivity contribution in [3.05, 3.63) is 58.3 Å². The average molecular weight is 485 g/mol. The summed E-state index contributed by atoms with van der Waals surface area (Å²) in [4.78, 5) is 42.4. The number of aromatic nitrogens is 2. The van der Waals surface area contributed by atoms with Gasteiger partial charge in [-0.15, -0.1) is 11.3 Å². The summed E-state index contributed by atoms with van der Waals surface area (Å²) in [5.74, 6) is -0.268. The quantitative estimate of drug-likeness (QED) is 0.401. The Morgan fingerprint density at radius 3 is 2.74 bits per heavy atom. The third-order valence-corrected chi connectivity index (χ3v) is 7.86. The van der Waals surface area contributed by atoms with Gasteiger partial charge in [0.2, 0.25) is 11.9 Å². The van der Waals surface area contributed by atoms with Crippen LogP contribution in [0.15, 0.2) is 43.0 Å². The summed E-state index contributed by atoms with van der Waals surface area (Å²) in [7, 11) is 0. The molecule has 3 aromatic rings.